The predicted molar refractivity (Wildman–Crippen MR) is 110 cm³/mol. The Balaban J connectivity index is 1.66. The third kappa shape index (κ3) is 6.33. The first-order valence-corrected chi connectivity index (χ1v) is 9.56. The summed E-state index contributed by atoms with van der Waals surface area (Å²) in [4.78, 5) is 2.34. The number of benzene rings is 2. The second-order valence-corrected chi connectivity index (χ2v) is 6.62. The average Bonchev–Trinajstić information content (AvgIpc) is 2.62. The molecule has 0 aromatic heterocycles. The van der Waals surface area contributed by atoms with Gasteiger partial charge in [-0.3, -0.25) is 0 Å². The zero-order valence-electron chi connectivity index (χ0n) is 14.9. The van der Waals surface area contributed by atoms with E-state index in [1.54, 1.807) is 18.2 Å². The first kappa shape index (κ1) is 19.7. The van der Waals surface area contributed by atoms with Crippen LogP contribution in [0.4, 0.5) is 11.4 Å². The molecule has 25 heavy (non-hydrogen) atoms. The van der Waals surface area contributed by atoms with Gasteiger partial charge in [-0.2, -0.15) is 0 Å². The summed E-state index contributed by atoms with van der Waals surface area (Å²) in [5.74, 6) is 0.686. The fourth-order valence-electron chi connectivity index (χ4n) is 2.61. The number of nitrogens with one attached hydrogen (secondary N) is 1. The van der Waals surface area contributed by atoms with E-state index in [-0.39, 0.29) is 0 Å². The highest BCUT2D eigenvalue weighted by atomic mass is 35.5. The van der Waals surface area contributed by atoms with E-state index in [2.05, 4.69) is 48.3 Å². The SMILES string of the molecule is CCN(CC)c1ccc(NCCCCOc2ccc(Cl)cc2Cl)cc1. The molecule has 0 amide bonds. The minimum absolute atomic E-state index is 0.555. The number of halogens is 2. The molecule has 5 heteroatoms. The van der Waals surface area contributed by atoms with Crippen molar-refractivity contribution in [3.05, 3.63) is 52.5 Å². The molecular weight excluding hydrogens is 355 g/mol. The summed E-state index contributed by atoms with van der Waals surface area (Å²) >= 11 is 12.0. The molecule has 0 saturated heterocycles. The summed E-state index contributed by atoms with van der Waals surface area (Å²) in [5, 5.41) is 4.62. The Hall–Kier alpha value is -1.58. The molecule has 0 unspecified atom stereocenters. The van der Waals surface area contributed by atoms with Crippen molar-refractivity contribution in [1.29, 1.82) is 0 Å². The number of unbranched alkanes of at least 4 members (excludes halogenated alkanes) is 1. The molecule has 2 aromatic carbocycles. The maximum atomic E-state index is 6.08. The molecule has 2 rings (SSSR count). The standard InChI is InChI=1S/C20H26Cl2N2O/c1-3-24(4-2)18-10-8-17(9-11-18)23-13-5-6-14-25-20-12-7-16(21)15-19(20)22/h7-12,15,23H,3-6,13-14H2,1-2H3. The van der Waals surface area contributed by atoms with Gasteiger partial charge in [-0.25, -0.2) is 0 Å². The average molecular weight is 381 g/mol. The zero-order chi connectivity index (χ0) is 18.1. The second-order valence-electron chi connectivity index (χ2n) is 5.78. The van der Waals surface area contributed by atoms with Gasteiger partial charge in [0.25, 0.3) is 0 Å². The van der Waals surface area contributed by atoms with Crippen molar-refractivity contribution in [1.82, 2.24) is 0 Å². The molecule has 0 aliphatic heterocycles. The van der Waals surface area contributed by atoms with Crippen LogP contribution in [-0.4, -0.2) is 26.2 Å². The van der Waals surface area contributed by atoms with Gasteiger partial charge in [0.1, 0.15) is 5.75 Å². The first-order chi connectivity index (χ1) is 12.1. The zero-order valence-corrected chi connectivity index (χ0v) is 16.4. The van der Waals surface area contributed by atoms with Gasteiger partial charge in [0.05, 0.1) is 11.6 Å². The topological polar surface area (TPSA) is 24.5 Å². The van der Waals surface area contributed by atoms with Crippen LogP contribution in [0.1, 0.15) is 26.7 Å². The van der Waals surface area contributed by atoms with Crippen molar-refractivity contribution in [3.8, 4) is 5.75 Å². The highest BCUT2D eigenvalue weighted by Crippen LogP contribution is 2.27. The Labute approximate surface area is 160 Å². The van der Waals surface area contributed by atoms with Crippen LogP contribution >= 0.6 is 23.2 Å². The highest BCUT2D eigenvalue weighted by molar-refractivity contribution is 6.35. The van der Waals surface area contributed by atoms with Crippen LogP contribution in [0, 0.1) is 0 Å². The van der Waals surface area contributed by atoms with Gasteiger partial charge in [0.15, 0.2) is 0 Å². The molecule has 0 fully saturated rings. The summed E-state index contributed by atoms with van der Waals surface area (Å²) < 4.78 is 5.69. The molecule has 3 nitrogen and oxygen atoms in total. The lowest BCUT2D eigenvalue weighted by Gasteiger charge is -2.21. The number of anilines is 2. The first-order valence-electron chi connectivity index (χ1n) is 8.80. The number of hydrogen-bond donors (Lipinski definition) is 1. The molecule has 0 radical (unpaired) electrons. The Kier molecular flexibility index (Phi) is 8.23. The molecule has 0 aliphatic rings. The molecule has 2 aromatic rings. The van der Waals surface area contributed by atoms with E-state index in [4.69, 9.17) is 27.9 Å². The van der Waals surface area contributed by atoms with E-state index < -0.39 is 0 Å². The molecule has 136 valence electrons. The normalized spacial score (nSPS) is 10.6. The van der Waals surface area contributed by atoms with E-state index >= 15 is 0 Å². The smallest absolute Gasteiger partial charge is 0.137 e. The fourth-order valence-corrected chi connectivity index (χ4v) is 3.08. The molecular formula is C20H26Cl2N2O. The molecule has 0 saturated carbocycles. The maximum absolute atomic E-state index is 6.08. The Morgan fingerprint density at radius 1 is 0.960 bits per heavy atom. The summed E-state index contributed by atoms with van der Waals surface area (Å²) in [7, 11) is 0. The summed E-state index contributed by atoms with van der Waals surface area (Å²) in [5.41, 5.74) is 2.42. The molecule has 1 N–H and O–H groups in total. The minimum Gasteiger partial charge on any atom is -0.492 e. The van der Waals surface area contributed by atoms with E-state index in [0.717, 1.165) is 38.2 Å². The summed E-state index contributed by atoms with van der Waals surface area (Å²) in [6.45, 7) is 7.97. The quantitative estimate of drug-likeness (QED) is 0.503. The fraction of sp³-hybridized carbons (Fsp3) is 0.400. The van der Waals surface area contributed by atoms with Gasteiger partial charge in [0, 0.05) is 36.0 Å². The maximum Gasteiger partial charge on any atom is 0.137 e. The van der Waals surface area contributed by atoms with Crippen molar-refractivity contribution in [2.45, 2.75) is 26.7 Å². The van der Waals surface area contributed by atoms with Gasteiger partial charge in [-0.05, 0) is 69.2 Å². The lowest BCUT2D eigenvalue weighted by Crippen LogP contribution is -2.21. The lowest BCUT2D eigenvalue weighted by molar-refractivity contribution is 0.308. The van der Waals surface area contributed by atoms with Gasteiger partial charge >= 0.3 is 0 Å². The molecule has 0 heterocycles. The molecule has 0 spiro atoms. The minimum atomic E-state index is 0.555. The van der Waals surface area contributed by atoms with Crippen molar-refractivity contribution in [2.24, 2.45) is 0 Å². The van der Waals surface area contributed by atoms with Crippen LogP contribution in [0.3, 0.4) is 0 Å². The van der Waals surface area contributed by atoms with Gasteiger partial charge < -0.3 is 15.0 Å². The largest absolute Gasteiger partial charge is 0.492 e. The Morgan fingerprint density at radius 3 is 2.32 bits per heavy atom. The summed E-state index contributed by atoms with van der Waals surface area (Å²) in [6.07, 6.45) is 1.99. The number of ether oxygens (including phenoxy) is 1. The van der Waals surface area contributed by atoms with Crippen LogP contribution in [-0.2, 0) is 0 Å². The van der Waals surface area contributed by atoms with Crippen LogP contribution in [0.2, 0.25) is 10.0 Å². The van der Waals surface area contributed by atoms with Crippen molar-refractivity contribution >= 4 is 34.6 Å². The molecule has 0 bridgehead atoms. The second kappa shape index (κ2) is 10.4. The van der Waals surface area contributed by atoms with Crippen molar-refractivity contribution in [3.63, 3.8) is 0 Å². The van der Waals surface area contributed by atoms with Crippen LogP contribution in [0.5, 0.6) is 5.75 Å². The van der Waals surface area contributed by atoms with E-state index in [1.807, 2.05) is 0 Å². The van der Waals surface area contributed by atoms with Crippen molar-refractivity contribution in [2.75, 3.05) is 36.5 Å². The van der Waals surface area contributed by atoms with E-state index in [9.17, 15) is 0 Å². The third-order valence-corrected chi connectivity index (χ3v) is 4.58. The van der Waals surface area contributed by atoms with Gasteiger partial charge in [-0.15, -0.1) is 0 Å². The highest BCUT2D eigenvalue weighted by Gasteiger charge is 2.03. The van der Waals surface area contributed by atoms with Crippen LogP contribution < -0.4 is 15.0 Å². The van der Waals surface area contributed by atoms with E-state index in [0.29, 0.717) is 22.4 Å². The molecule has 0 aliphatic carbocycles. The Morgan fingerprint density at radius 2 is 1.68 bits per heavy atom. The van der Waals surface area contributed by atoms with Crippen LogP contribution in [0.15, 0.2) is 42.5 Å². The van der Waals surface area contributed by atoms with E-state index in [1.165, 1.54) is 5.69 Å². The van der Waals surface area contributed by atoms with Gasteiger partial charge in [-0.1, -0.05) is 23.2 Å². The monoisotopic (exact) mass is 380 g/mol. The van der Waals surface area contributed by atoms with Gasteiger partial charge in [0.2, 0.25) is 0 Å². The number of nitrogens with zero attached hydrogens (tertiary/aromatic N) is 1. The summed E-state index contributed by atoms with van der Waals surface area (Å²) in [6, 6.07) is 13.9. The van der Waals surface area contributed by atoms with Crippen molar-refractivity contribution < 1.29 is 4.74 Å². The number of rotatable bonds is 10. The third-order valence-electron chi connectivity index (χ3n) is 4.05. The predicted octanol–water partition coefficient (Wildman–Crippen LogP) is 6.11. The number of hydrogen-bond acceptors (Lipinski definition) is 3. The van der Waals surface area contributed by atoms with Crippen LogP contribution in [0.25, 0.3) is 0 Å². The molecule has 0 atom stereocenters. The Bertz CT molecular complexity index is 643. The lowest BCUT2D eigenvalue weighted by atomic mass is 10.2.